The van der Waals surface area contributed by atoms with Crippen molar-refractivity contribution in [3.8, 4) is 0 Å². The fourth-order valence-corrected chi connectivity index (χ4v) is 0. The van der Waals surface area contributed by atoms with Gasteiger partial charge in [0.25, 0.3) is 0 Å². The first kappa shape index (κ1) is 459. The van der Waals surface area contributed by atoms with Gasteiger partial charge in [-0.3, -0.25) is 0 Å². The van der Waals surface area contributed by atoms with Gasteiger partial charge in [0.15, 0.2) is 0 Å². The van der Waals surface area contributed by atoms with Crippen LogP contribution in [0.3, 0.4) is 0 Å². The fourth-order valence-electron chi connectivity index (χ4n) is 0. The van der Waals surface area contributed by atoms with E-state index < -0.39 is 0 Å². The Labute approximate surface area is 58.9 Å². The van der Waals surface area contributed by atoms with Crippen molar-refractivity contribution in [1.29, 1.82) is 0 Å². The van der Waals surface area contributed by atoms with Crippen molar-refractivity contribution in [3.05, 3.63) is 10.5 Å². The summed E-state index contributed by atoms with van der Waals surface area (Å²) in [4.78, 5) is 7.25. The molecule has 0 saturated heterocycles. The summed E-state index contributed by atoms with van der Waals surface area (Å²) < 4.78 is 0. The zero-order valence-electron chi connectivity index (χ0n) is 4.72. The molecule has 0 aromatic rings. The van der Waals surface area contributed by atoms with Crippen molar-refractivity contribution in [1.82, 2.24) is 30.8 Å². The molecule has 0 unspecified atom stereocenters. The van der Waals surface area contributed by atoms with Crippen molar-refractivity contribution in [2.75, 3.05) is 0 Å². The summed E-state index contributed by atoms with van der Waals surface area (Å²) in [5, 5.41) is 0. The average molecular weight is 174 g/mol. The van der Waals surface area contributed by atoms with E-state index in [2.05, 4.69) is 0 Å². The van der Waals surface area contributed by atoms with Gasteiger partial charge in [-0.05, 0) is 0 Å². The van der Waals surface area contributed by atoms with Crippen LogP contribution in [0.2, 0.25) is 0 Å². The van der Waals surface area contributed by atoms with E-state index >= 15 is 0 Å². The number of nitrogens with zero attached hydrogens (tertiary/aromatic N) is 1. The third-order valence-corrected chi connectivity index (χ3v) is 0. The van der Waals surface area contributed by atoms with Crippen LogP contribution in [0.4, 0.5) is 0 Å². The van der Waals surface area contributed by atoms with Crippen LogP contribution < -0.4 is 30.8 Å². The minimum absolute atomic E-state index is 0. The molecular formula is H15CoN6O-. The maximum Gasteiger partial charge on any atom is 0 e. The summed E-state index contributed by atoms with van der Waals surface area (Å²) in [5.41, 5.74) is 5.75. The summed E-state index contributed by atoms with van der Waals surface area (Å²) in [6, 6.07) is 0. The largest absolute Gasteiger partial charge is 0.577 e. The molecule has 15 N–H and O–H groups in total. The van der Waals surface area contributed by atoms with Crippen LogP contribution in [0.1, 0.15) is 0 Å². The Bertz CT molecular complexity index is 8.49. The molecule has 0 bridgehead atoms. The number of rotatable bonds is 0. The van der Waals surface area contributed by atoms with Gasteiger partial charge in [0.05, 0.1) is 0 Å². The second-order valence-electron chi connectivity index (χ2n) is 0. The minimum atomic E-state index is 0. The SMILES string of the molecule is N.N.N.N.N.[Co].[N-]=O. The van der Waals surface area contributed by atoms with Crippen LogP contribution in [0.15, 0.2) is 0 Å². The van der Waals surface area contributed by atoms with Crippen LogP contribution in [-0.4, -0.2) is 0 Å². The molecule has 0 heterocycles. The van der Waals surface area contributed by atoms with Gasteiger partial charge in [0.2, 0.25) is 0 Å². The van der Waals surface area contributed by atoms with E-state index in [4.69, 9.17) is 10.5 Å². The summed E-state index contributed by atoms with van der Waals surface area (Å²) in [6.45, 7) is 0. The second-order valence-corrected chi connectivity index (χ2v) is 0. The maximum absolute atomic E-state index is 7.25. The third kappa shape index (κ3) is 16300. The molecule has 0 aliphatic carbocycles. The molecule has 0 saturated carbocycles. The molecule has 0 aromatic carbocycles. The number of hydrogen-bond donors (Lipinski definition) is 5. The van der Waals surface area contributed by atoms with Gasteiger partial charge in [-0.1, -0.05) is 0 Å². The van der Waals surface area contributed by atoms with Crippen molar-refractivity contribution in [2.24, 2.45) is 0 Å². The first-order chi connectivity index (χ1) is 1.00. The van der Waals surface area contributed by atoms with E-state index in [1.165, 1.54) is 0 Å². The second kappa shape index (κ2) is 27600. The maximum atomic E-state index is 7.25. The number of hydrogen-bond acceptors (Lipinski definition) is 6. The molecule has 7 nitrogen and oxygen atoms in total. The summed E-state index contributed by atoms with van der Waals surface area (Å²) in [6.07, 6.45) is 0. The Morgan fingerprint density at radius 2 is 0.625 bits per heavy atom. The van der Waals surface area contributed by atoms with E-state index in [0.717, 1.165) is 0 Å². The third-order valence-electron chi connectivity index (χ3n) is 0. The topological polar surface area (TPSA) is 214 Å². The Kier molecular flexibility index (Phi) is 1580000. The Morgan fingerprint density at radius 3 is 0.625 bits per heavy atom. The first-order valence-corrected chi connectivity index (χ1v) is 0.183. The van der Waals surface area contributed by atoms with Gasteiger partial charge >= 0.3 is 0 Å². The van der Waals surface area contributed by atoms with E-state index in [0.29, 0.717) is 0 Å². The quantitative estimate of drug-likeness (QED) is 0.362. The average Bonchev–Trinajstić information content (AvgIpc) is 1.00. The summed E-state index contributed by atoms with van der Waals surface area (Å²) >= 11 is 0. The first-order valence-electron chi connectivity index (χ1n) is 0.183. The number of nitroso groups, excluding NO2 is 1. The molecule has 8 heteroatoms. The van der Waals surface area contributed by atoms with Crippen molar-refractivity contribution in [2.45, 2.75) is 0 Å². The van der Waals surface area contributed by atoms with Crippen molar-refractivity contribution >= 4 is 0 Å². The smallest absolute Gasteiger partial charge is 0 e. The van der Waals surface area contributed by atoms with Gasteiger partial charge in [-0.2, -0.15) is 0 Å². The standard InChI is InChI=1S/Co.NO.5H3N/c;1-2;;;;;/h;;5*1H3/q;-1;;;;;. The van der Waals surface area contributed by atoms with Gasteiger partial charge in [0, 0.05) is 16.8 Å². The summed E-state index contributed by atoms with van der Waals surface area (Å²) in [7, 11) is 0. The normalized spacial score (nSPS) is 0.500. The molecule has 0 rings (SSSR count). The van der Waals surface area contributed by atoms with E-state index in [-0.39, 0.29) is 47.5 Å². The van der Waals surface area contributed by atoms with Crippen molar-refractivity contribution in [3.63, 3.8) is 0 Å². The van der Waals surface area contributed by atoms with Crippen LogP contribution in [-0.2, 0) is 16.8 Å². The Morgan fingerprint density at radius 1 is 0.625 bits per heavy atom. The zero-order valence-corrected chi connectivity index (χ0v) is 5.77. The van der Waals surface area contributed by atoms with Gasteiger partial charge in [-0.25, -0.2) is 0 Å². The molecule has 0 aliphatic heterocycles. The molecule has 0 aliphatic rings. The molecule has 0 amide bonds. The predicted octanol–water partition coefficient (Wildman–Crippen LogP) is 1.13. The van der Waals surface area contributed by atoms with Crippen molar-refractivity contribution < 1.29 is 16.8 Å². The minimum Gasteiger partial charge on any atom is -0.577 e. The van der Waals surface area contributed by atoms with E-state index in [1.807, 2.05) is 0 Å². The molecule has 61 valence electrons. The molecule has 0 spiro atoms. The van der Waals surface area contributed by atoms with E-state index in [9.17, 15) is 0 Å². The van der Waals surface area contributed by atoms with Gasteiger partial charge in [0.1, 0.15) is 0 Å². The Hall–Kier alpha value is -0.0935. The molecule has 0 aromatic heterocycles. The Balaban J connectivity index is -0.000000000333. The predicted molar refractivity (Wildman–Crippen MR) is 31.8 cm³/mol. The van der Waals surface area contributed by atoms with Crippen LogP contribution in [0.5, 0.6) is 0 Å². The van der Waals surface area contributed by atoms with E-state index in [1.54, 1.807) is 0 Å². The molecule has 1 radical (unpaired) electrons. The zero-order chi connectivity index (χ0) is 2.00. The fraction of sp³-hybridized carbons (Fsp3) is 0. The monoisotopic (exact) mass is 174 g/mol. The molecular weight excluding hydrogens is 159 g/mol. The van der Waals surface area contributed by atoms with Crippen LogP contribution >= 0.6 is 0 Å². The molecule has 0 atom stereocenters. The van der Waals surface area contributed by atoms with Crippen LogP contribution in [0, 0.1) is 4.91 Å². The molecule has 8 heavy (non-hydrogen) atoms. The van der Waals surface area contributed by atoms with Gasteiger partial charge < -0.3 is 41.3 Å². The summed E-state index contributed by atoms with van der Waals surface area (Å²) in [5.74, 6) is 0. The van der Waals surface area contributed by atoms with Crippen LogP contribution in [0.25, 0.3) is 5.59 Å². The molecule has 0 fully saturated rings. The van der Waals surface area contributed by atoms with Gasteiger partial charge in [-0.15, -0.1) is 0 Å².